The molecule has 3 N–H and O–H groups in total. The molecule has 0 saturated carbocycles. The Morgan fingerprint density at radius 3 is 2.55 bits per heavy atom. The second kappa shape index (κ2) is 8.58. The third kappa shape index (κ3) is 4.48. The third-order valence-electron chi connectivity index (χ3n) is 4.51. The van der Waals surface area contributed by atoms with Crippen molar-refractivity contribution >= 4 is 34.4 Å². The molecule has 0 bridgehead atoms. The van der Waals surface area contributed by atoms with Crippen molar-refractivity contribution in [3.63, 3.8) is 0 Å². The number of methoxy groups -OCH3 is 1. The van der Waals surface area contributed by atoms with Crippen molar-refractivity contribution in [1.82, 2.24) is 4.98 Å². The van der Waals surface area contributed by atoms with Gasteiger partial charge in [-0.15, -0.1) is 0 Å². The molecule has 4 rings (SSSR count). The van der Waals surface area contributed by atoms with E-state index < -0.39 is 18.5 Å². The number of esters is 1. The van der Waals surface area contributed by atoms with E-state index in [0.717, 1.165) is 11.1 Å². The molecular weight excluding hydrogens is 398 g/mol. The first kappa shape index (κ1) is 20.0. The van der Waals surface area contributed by atoms with Crippen molar-refractivity contribution in [3.05, 3.63) is 72.3 Å². The van der Waals surface area contributed by atoms with Crippen molar-refractivity contribution in [1.29, 1.82) is 0 Å². The van der Waals surface area contributed by atoms with Gasteiger partial charge in [-0.3, -0.25) is 4.79 Å². The van der Waals surface area contributed by atoms with Crippen LogP contribution in [0.3, 0.4) is 0 Å². The Hall–Kier alpha value is -4.33. The first-order valence-corrected chi connectivity index (χ1v) is 9.40. The summed E-state index contributed by atoms with van der Waals surface area (Å²) >= 11 is 0. The van der Waals surface area contributed by atoms with E-state index in [1.54, 1.807) is 30.3 Å². The van der Waals surface area contributed by atoms with Crippen LogP contribution in [0.2, 0.25) is 0 Å². The molecule has 4 aromatic rings. The van der Waals surface area contributed by atoms with E-state index in [4.69, 9.17) is 19.6 Å². The van der Waals surface area contributed by atoms with Crippen LogP contribution in [0, 0.1) is 0 Å². The molecule has 0 radical (unpaired) electrons. The molecule has 8 heteroatoms. The van der Waals surface area contributed by atoms with Gasteiger partial charge in [0.1, 0.15) is 11.3 Å². The number of anilines is 2. The molecule has 3 aromatic carbocycles. The summed E-state index contributed by atoms with van der Waals surface area (Å²) in [7, 11) is 1.48. The predicted molar refractivity (Wildman–Crippen MR) is 116 cm³/mol. The number of benzene rings is 3. The van der Waals surface area contributed by atoms with Crippen molar-refractivity contribution in [3.8, 4) is 17.2 Å². The van der Waals surface area contributed by atoms with Gasteiger partial charge in [0.15, 0.2) is 12.2 Å². The van der Waals surface area contributed by atoms with Crippen LogP contribution in [0.15, 0.2) is 71.1 Å². The molecule has 0 saturated heterocycles. The Morgan fingerprint density at radius 2 is 1.84 bits per heavy atom. The van der Waals surface area contributed by atoms with E-state index >= 15 is 0 Å². The molecule has 1 heterocycles. The molecule has 1 aromatic heterocycles. The standard InChI is InChI=1S/C23H19N3O5/c1-29-19-11-8-15(12-17(19)24)23(28)30-13-21(27)25-16-9-6-14(7-10-16)22-26-18-4-2-3-5-20(18)31-22/h2-12H,13,24H2,1H3,(H,25,27). The normalized spacial score (nSPS) is 10.6. The van der Waals surface area contributed by atoms with Gasteiger partial charge >= 0.3 is 5.97 Å². The fourth-order valence-electron chi connectivity index (χ4n) is 2.96. The first-order chi connectivity index (χ1) is 15.0. The monoisotopic (exact) mass is 417 g/mol. The van der Waals surface area contributed by atoms with Gasteiger partial charge in [-0.1, -0.05) is 12.1 Å². The van der Waals surface area contributed by atoms with Gasteiger partial charge in [0.25, 0.3) is 5.91 Å². The minimum Gasteiger partial charge on any atom is -0.495 e. The van der Waals surface area contributed by atoms with Crippen LogP contribution in [0.4, 0.5) is 11.4 Å². The summed E-state index contributed by atoms with van der Waals surface area (Å²) in [6.45, 7) is -0.433. The summed E-state index contributed by atoms with van der Waals surface area (Å²) in [5, 5.41) is 2.67. The molecule has 0 atom stereocenters. The lowest BCUT2D eigenvalue weighted by Gasteiger charge is -2.08. The second-order valence-corrected chi connectivity index (χ2v) is 6.65. The first-order valence-electron chi connectivity index (χ1n) is 9.40. The molecule has 0 spiro atoms. The summed E-state index contributed by atoms with van der Waals surface area (Å²) < 4.78 is 15.8. The number of aromatic nitrogens is 1. The maximum atomic E-state index is 12.1. The van der Waals surface area contributed by atoms with Crippen LogP contribution in [0.5, 0.6) is 5.75 Å². The fourth-order valence-corrected chi connectivity index (χ4v) is 2.96. The molecule has 31 heavy (non-hydrogen) atoms. The van der Waals surface area contributed by atoms with Crippen LogP contribution in [0.25, 0.3) is 22.6 Å². The number of carbonyl (C=O) groups excluding carboxylic acids is 2. The minimum absolute atomic E-state index is 0.230. The Kier molecular flexibility index (Phi) is 5.53. The number of nitrogens with zero attached hydrogens (tertiary/aromatic N) is 1. The lowest BCUT2D eigenvalue weighted by atomic mass is 10.2. The quantitative estimate of drug-likeness (QED) is 0.361. The lowest BCUT2D eigenvalue weighted by molar-refractivity contribution is -0.119. The smallest absolute Gasteiger partial charge is 0.338 e. The van der Waals surface area contributed by atoms with E-state index in [0.29, 0.717) is 28.6 Å². The Bertz CT molecular complexity index is 1210. The van der Waals surface area contributed by atoms with Gasteiger partial charge in [0, 0.05) is 11.3 Å². The molecule has 1 amide bonds. The zero-order valence-electron chi connectivity index (χ0n) is 16.6. The minimum atomic E-state index is -0.657. The van der Waals surface area contributed by atoms with Crippen LogP contribution in [0.1, 0.15) is 10.4 Å². The van der Waals surface area contributed by atoms with Gasteiger partial charge < -0.3 is 24.9 Å². The van der Waals surface area contributed by atoms with Crippen LogP contribution in [-0.4, -0.2) is 30.6 Å². The molecule has 8 nitrogen and oxygen atoms in total. The van der Waals surface area contributed by atoms with Crippen molar-refractivity contribution in [2.45, 2.75) is 0 Å². The third-order valence-corrected chi connectivity index (χ3v) is 4.51. The molecule has 156 valence electrons. The average Bonchev–Trinajstić information content (AvgIpc) is 3.22. The van der Waals surface area contributed by atoms with Crippen LogP contribution >= 0.6 is 0 Å². The highest BCUT2D eigenvalue weighted by molar-refractivity contribution is 5.96. The number of para-hydroxylation sites is 2. The Balaban J connectivity index is 1.34. The topological polar surface area (TPSA) is 117 Å². The number of nitrogens with one attached hydrogen (secondary N) is 1. The number of fused-ring (bicyclic) bond motifs is 1. The molecule has 0 aliphatic heterocycles. The number of amides is 1. The van der Waals surface area contributed by atoms with E-state index in [2.05, 4.69) is 10.3 Å². The van der Waals surface area contributed by atoms with E-state index in [1.807, 2.05) is 24.3 Å². The summed E-state index contributed by atoms with van der Waals surface area (Å²) in [5.41, 5.74) is 9.12. The van der Waals surface area contributed by atoms with Gasteiger partial charge in [0.2, 0.25) is 5.89 Å². The fraction of sp³-hybridized carbons (Fsp3) is 0.0870. The highest BCUT2D eigenvalue weighted by atomic mass is 16.5. The zero-order valence-corrected chi connectivity index (χ0v) is 16.6. The number of nitrogen functional groups attached to an aromatic ring is 1. The molecule has 0 fully saturated rings. The maximum absolute atomic E-state index is 12.1. The van der Waals surface area contributed by atoms with Crippen molar-refractivity contribution < 1.29 is 23.5 Å². The zero-order chi connectivity index (χ0) is 21.8. The highest BCUT2D eigenvalue weighted by Crippen LogP contribution is 2.25. The molecule has 0 aliphatic carbocycles. The van der Waals surface area contributed by atoms with E-state index in [9.17, 15) is 9.59 Å². The molecule has 0 unspecified atom stereocenters. The van der Waals surface area contributed by atoms with Gasteiger partial charge in [-0.25, -0.2) is 9.78 Å². The predicted octanol–water partition coefficient (Wildman–Crippen LogP) is 3.88. The van der Waals surface area contributed by atoms with Gasteiger partial charge in [-0.2, -0.15) is 0 Å². The van der Waals surface area contributed by atoms with Gasteiger partial charge in [0.05, 0.1) is 18.4 Å². The number of hydrogen-bond donors (Lipinski definition) is 2. The van der Waals surface area contributed by atoms with Crippen molar-refractivity contribution in [2.75, 3.05) is 24.8 Å². The average molecular weight is 417 g/mol. The summed E-state index contributed by atoms with van der Waals surface area (Å²) in [4.78, 5) is 28.7. The van der Waals surface area contributed by atoms with E-state index in [1.165, 1.54) is 19.2 Å². The SMILES string of the molecule is COc1ccc(C(=O)OCC(=O)Nc2ccc(-c3nc4ccccc4o3)cc2)cc1N. The second-order valence-electron chi connectivity index (χ2n) is 6.65. The number of nitrogens with two attached hydrogens (primary N) is 1. The maximum Gasteiger partial charge on any atom is 0.338 e. The highest BCUT2D eigenvalue weighted by Gasteiger charge is 2.13. The lowest BCUT2D eigenvalue weighted by Crippen LogP contribution is -2.21. The molecule has 0 aliphatic rings. The number of rotatable bonds is 6. The van der Waals surface area contributed by atoms with Crippen LogP contribution < -0.4 is 15.8 Å². The summed E-state index contributed by atoms with van der Waals surface area (Å²) in [5.74, 6) is -0.178. The number of hydrogen-bond acceptors (Lipinski definition) is 7. The Labute approximate surface area is 177 Å². The summed E-state index contributed by atoms with van der Waals surface area (Å²) in [6, 6.07) is 19.0. The number of carbonyl (C=O) groups is 2. The number of oxazole rings is 1. The van der Waals surface area contributed by atoms with Gasteiger partial charge in [-0.05, 0) is 54.6 Å². The largest absolute Gasteiger partial charge is 0.495 e. The molecular formula is C23H19N3O5. The van der Waals surface area contributed by atoms with E-state index in [-0.39, 0.29) is 5.56 Å². The number of ether oxygens (including phenoxy) is 2. The van der Waals surface area contributed by atoms with Crippen LogP contribution in [-0.2, 0) is 9.53 Å². The summed E-state index contributed by atoms with van der Waals surface area (Å²) in [6.07, 6.45) is 0. The Morgan fingerprint density at radius 1 is 1.06 bits per heavy atom. The van der Waals surface area contributed by atoms with Crippen molar-refractivity contribution in [2.24, 2.45) is 0 Å².